The third-order valence-corrected chi connectivity index (χ3v) is 6.16. The topological polar surface area (TPSA) is 120 Å². The lowest BCUT2D eigenvalue weighted by Crippen LogP contribution is -2.52. The number of aromatic amines is 1. The highest BCUT2D eigenvalue weighted by atomic mass is 16.2. The predicted octanol–water partition coefficient (Wildman–Crippen LogP) is 3.34. The van der Waals surface area contributed by atoms with Crippen LogP contribution in [0.5, 0.6) is 0 Å². The summed E-state index contributed by atoms with van der Waals surface area (Å²) in [6, 6.07) is 13.6. The van der Waals surface area contributed by atoms with Gasteiger partial charge in [-0.1, -0.05) is 12.1 Å². The van der Waals surface area contributed by atoms with Gasteiger partial charge in [-0.05, 0) is 44.5 Å². The fraction of sp³-hybridized carbons (Fsp3) is 0.320. The molecular weight excluding hydrogens is 456 g/mol. The summed E-state index contributed by atoms with van der Waals surface area (Å²) in [5.74, 6) is 2.05. The van der Waals surface area contributed by atoms with Crippen LogP contribution in [-0.4, -0.2) is 67.1 Å². The Bertz CT molecular complexity index is 1310. The zero-order valence-electron chi connectivity index (χ0n) is 20.6. The van der Waals surface area contributed by atoms with E-state index in [-0.39, 0.29) is 12.1 Å². The second-order valence-corrected chi connectivity index (χ2v) is 8.94. The van der Waals surface area contributed by atoms with Crippen LogP contribution in [0, 0.1) is 13.8 Å². The Kier molecular flexibility index (Phi) is 6.52. The lowest BCUT2D eigenvalue weighted by Gasteiger charge is -2.35. The number of aromatic nitrogens is 6. The first-order valence-electron chi connectivity index (χ1n) is 12.0. The van der Waals surface area contributed by atoms with Gasteiger partial charge in [-0.25, -0.2) is 14.5 Å². The molecule has 4 aromatic rings. The summed E-state index contributed by atoms with van der Waals surface area (Å²) < 4.78 is 1.81. The zero-order valence-corrected chi connectivity index (χ0v) is 20.6. The lowest BCUT2D eigenvalue weighted by atomic mass is 10.1. The van der Waals surface area contributed by atoms with E-state index < -0.39 is 0 Å². The Balaban J connectivity index is 1.16. The van der Waals surface area contributed by atoms with E-state index in [4.69, 9.17) is 0 Å². The van der Waals surface area contributed by atoms with Crippen LogP contribution < -0.4 is 15.5 Å². The van der Waals surface area contributed by atoms with Gasteiger partial charge in [0.25, 0.3) is 0 Å². The van der Waals surface area contributed by atoms with Gasteiger partial charge < -0.3 is 20.4 Å². The van der Waals surface area contributed by atoms with Gasteiger partial charge in [-0.15, -0.1) is 0 Å². The number of urea groups is 1. The molecule has 11 heteroatoms. The van der Waals surface area contributed by atoms with Gasteiger partial charge in [-0.3, -0.25) is 5.10 Å². The second-order valence-electron chi connectivity index (χ2n) is 8.94. The normalized spacial score (nSPS) is 14.5. The number of carbonyl (C=O) groups is 1. The molecule has 1 aromatic carbocycles. The van der Waals surface area contributed by atoms with Crippen molar-refractivity contribution in [3.63, 3.8) is 0 Å². The highest BCUT2D eigenvalue weighted by molar-refractivity contribution is 5.75. The van der Waals surface area contributed by atoms with Crippen LogP contribution in [0.2, 0.25) is 0 Å². The smallest absolute Gasteiger partial charge is 0.317 e. The third-order valence-electron chi connectivity index (χ3n) is 6.16. The van der Waals surface area contributed by atoms with Crippen molar-refractivity contribution in [2.45, 2.75) is 26.8 Å². The number of benzene rings is 1. The van der Waals surface area contributed by atoms with Crippen LogP contribution in [0.25, 0.3) is 5.69 Å². The van der Waals surface area contributed by atoms with Crippen molar-refractivity contribution < 1.29 is 4.79 Å². The van der Waals surface area contributed by atoms with Crippen molar-refractivity contribution in [3.05, 3.63) is 71.8 Å². The van der Waals surface area contributed by atoms with Gasteiger partial charge in [0, 0.05) is 62.1 Å². The van der Waals surface area contributed by atoms with Crippen molar-refractivity contribution in [1.82, 2.24) is 40.2 Å². The molecule has 0 saturated carbocycles. The lowest BCUT2D eigenvalue weighted by molar-refractivity contribution is 0.191. The van der Waals surface area contributed by atoms with Crippen LogP contribution in [0.1, 0.15) is 29.9 Å². The minimum atomic E-state index is -0.110. The molecular formula is C25H30N10O. The van der Waals surface area contributed by atoms with Crippen molar-refractivity contribution in [3.8, 4) is 5.69 Å². The Morgan fingerprint density at radius 3 is 2.47 bits per heavy atom. The van der Waals surface area contributed by atoms with E-state index >= 15 is 0 Å². The average molecular weight is 487 g/mol. The summed E-state index contributed by atoms with van der Waals surface area (Å²) in [5, 5.41) is 17.7. The standard InChI is InChI=1S/C25H30N10O/c1-17-15-22(29-23-16-18(2)31-32-23)30-24(27-17)33-11-13-34(14-12-33)25(36)28-19(3)20-5-7-21(8-6-20)35-10-4-9-26-35/h4-10,15-16,19H,11-14H2,1-3H3,(H,28,36)(H2,27,29,30,31,32)/t19-/m0/s1. The molecule has 1 fully saturated rings. The molecule has 0 aliphatic carbocycles. The van der Waals surface area contributed by atoms with Gasteiger partial charge >= 0.3 is 6.03 Å². The van der Waals surface area contributed by atoms with Crippen molar-refractivity contribution >= 4 is 23.6 Å². The molecule has 3 N–H and O–H groups in total. The SMILES string of the molecule is Cc1cc(Nc2cc(C)[nH]n2)nc(N2CCN(C(=O)N[C@@H](C)c3ccc(-n4cccn4)cc3)CC2)n1. The van der Waals surface area contributed by atoms with Gasteiger partial charge in [0.1, 0.15) is 5.82 Å². The van der Waals surface area contributed by atoms with Crippen molar-refractivity contribution in [2.75, 3.05) is 36.4 Å². The van der Waals surface area contributed by atoms with E-state index in [0.29, 0.717) is 43.8 Å². The largest absolute Gasteiger partial charge is 0.337 e. The number of anilines is 3. The predicted molar refractivity (Wildman–Crippen MR) is 138 cm³/mol. The maximum absolute atomic E-state index is 12.9. The molecule has 0 bridgehead atoms. The van der Waals surface area contributed by atoms with E-state index in [1.807, 2.05) is 79.0 Å². The van der Waals surface area contributed by atoms with Crippen LogP contribution >= 0.6 is 0 Å². The molecule has 5 rings (SSSR count). The first-order valence-corrected chi connectivity index (χ1v) is 12.0. The van der Waals surface area contributed by atoms with Crippen LogP contribution in [0.4, 0.5) is 22.4 Å². The molecule has 0 radical (unpaired) electrons. The maximum Gasteiger partial charge on any atom is 0.317 e. The molecule has 0 spiro atoms. The maximum atomic E-state index is 12.9. The Morgan fingerprint density at radius 2 is 1.81 bits per heavy atom. The van der Waals surface area contributed by atoms with Crippen LogP contribution in [-0.2, 0) is 0 Å². The van der Waals surface area contributed by atoms with Crippen LogP contribution in [0.3, 0.4) is 0 Å². The van der Waals surface area contributed by atoms with Crippen molar-refractivity contribution in [2.24, 2.45) is 0 Å². The number of H-pyrrole nitrogens is 1. The molecule has 1 aliphatic heterocycles. The molecule has 186 valence electrons. The van der Waals surface area contributed by atoms with E-state index in [0.717, 1.165) is 22.6 Å². The summed E-state index contributed by atoms with van der Waals surface area (Å²) in [4.78, 5) is 26.1. The highest BCUT2D eigenvalue weighted by Crippen LogP contribution is 2.20. The van der Waals surface area contributed by atoms with E-state index in [2.05, 4.69) is 40.8 Å². The Labute approximate surface area is 209 Å². The number of hydrogen-bond acceptors (Lipinski definition) is 7. The van der Waals surface area contributed by atoms with Gasteiger partial charge in [0.05, 0.1) is 11.7 Å². The van der Waals surface area contributed by atoms with Gasteiger partial charge in [0.15, 0.2) is 5.82 Å². The fourth-order valence-corrected chi connectivity index (χ4v) is 4.18. The van der Waals surface area contributed by atoms with E-state index in [1.165, 1.54) is 0 Å². The molecule has 1 aliphatic rings. The Morgan fingerprint density at radius 1 is 1.03 bits per heavy atom. The fourth-order valence-electron chi connectivity index (χ4n) is 4.18. The first kappa shape index (κ1) is 23.3. The monoisotopic (exact) mass is 486 g/mol. The molecule has 1 atom stereocenters. The third kappa shape index (κ3) is 5.29. The summed E-state index contributed by atoms with van der Waals surface area (Å²) in [6.45, 7) is 8.38. The molecule has 0 unspecified atom stereocenters. The van der Waals surface area contributed by atoms with Crippen LogP contribution in [0.15, 0.2) is 54.9 Å². The molecule has 3 aromatic heterocycles. The quantitative estimate of drug-likeness (QED) is 0.382. The number of piperazine rings is 1. The number of carbonyl (C=O) groups excluding carboxylic acids is 1. The summed E-state index contributed by atoms with van der Waals surface area (Å²) in [7, 11) is 0. The molecule has 11 nitrogen and oxygen atoms in total. The molecule has 36 heavy (non-hydrogen) atoms. The number of hydrogen-bond donors (Lipinski definition) is 3. The molecule has 4 heterocycles. The molecule has 2 amide bonds. The number of nitrogens with zero attached hydrogens (tertiary/aromatic N) is 7. The summed E-state index contributed by atoms with van der Waals surface area (Å²) in [5.41, 5.74) is 3.86. The minimum absolute atomic E-state index is 0.0697. The summed E-state index contributed by atoms with van der Waals surface area (Å²) >= 11 is 0. The van der Waals surface area contributed by atoms with E-state index in [9.17, 15) is 4.79 Å². The number of rotatable bonds is 6. The molecule has 1 saturated heterocycles. The number of aryl methyl sites for hydroxylation is 2. The van der Waals surface area contributed by atoms with Gasteiger partial charge in [0.2, 0.25) is 5.95 Å². The van der Waals surface area contributed by atoms with E-state index in [1.54, 1.807) is 6.20 Å². The highest BCUT2D eigenvalue weighted by Gasteiger charge is 2.24. The Hall–Kier alpha value is -4.41. The summed E-state index contributed by atoms with van der Waals surface area (Å²) in [6.07, 6.45) is 3.65. The number of amides is 2. The average Bonchev–Trinajstić information content (AvgIpc) is 3.56. The minimum Gasteiger partial charge on any atom is -0.337 e. The second kappa shape index (κ2) is 10.1. The first-order chi connectivity index (χ1) is 17.4. The number of nitrogens with one attached hydrogen (secondary N) is 3. The van der Waals surface area contributed by atoms with Gasteiger partial charge in [-0.2, -0.15) is 15.2 Å². The van der Waals surface area contributed by atoms with Crippen molar-refractivity contribution in [1.29, 1.82) is 0 Å². The zero-order chi connectivity index (χ0) is 25.1.